The van der Waals surface area contributed by atoms with Gasteiger partial charge in [-0.3, -0.25) is 0 Å². The lowest BCUT2D eigenvalue weighted by atomic mass is 9.52. The molecule has 2 aromatic rings. The number of nitrogens with zero attached hydrogens (tertiary/aromatic N) is 5. The lowest BCUT2D eigenvalue weighted by Gasteiger charge is -2.57. The van der Waals surface area contributed by atoms with E-state index in [0.717, 1.165) is 55.0 Å². The first-order chi connectivity index (χ1) is 19.6. The lowest BCUT2D eigenvalue weighted by molar-refractivity contribution is -0.137. The van der Waals surface area contributed by atoms with Crippen molar-refractivity contribution in [3.8, 4) is 0 Å². The van der Waals surface area contributed by atoms with Crippen LogP contribution in [0.1, 0.15) is 32.1 Å². The summed E-state index contributed by atoms with van der Waals surface area (Å²) < 4.78 is 25.2. The number of carbonyl (C=O) groups is 1. The zero-order valence-electron chi connectivity index (χ0n) is 23.4. The van der Waals surface area contributed by atoms with Gasteiger partial charge in [0.15, 0.2) is 0 Å². The van der Waals surface area contributed by atoms with Crippen molar-refractivity contribution in [1.29, 1.82) is 0 Å². The van der Waals surface area contributed by atoms with Crippen LogP contribution >= 0.6 is 0 Å². The summed E-state index contributed by atoms with van der Waals surface area (Å²) >= 11 is 0. The monoisotopic (exact) mass is 582 g/mol. The quantitative estimate of drug-likeness (QED) is 0.549. The first-order valence-corrected chi connectivity index (χ1v) is 16.5. The number of nitrogens with one attached hydrogen (secondary N) is 1. The maximum Gasteiger partial charge on any atom is 0.431 e. The standard InChI is InChI=1S/C29H38N6O5S/c1-41(38,39)33-10-8-32(9-11-33)23-6-7-26(30-19-23)34-12-13-35(25-5-3-2-4-24(25)34)40-28(36)31-27-21-14-20-15-22(27)18-29(37,16-20)17-21/h2-7,19-22,27,37H,8-18H2,1H3,(H,31,36)/t20?,21-,22+,27?,29?. The van der Waals surface area contributed by atoms with Gasteiger partial charge in [0.05, 0.1) is 41.7 Å². The molecule has 3 unspecified atom stereocenters. The Morgan fingerprint density at radius 2 is 1.68 bits per heavy atom. The normalized spacial score (nSPS) is 31.2. The predicted octanol–water partition coefficient (Wildman–Crippen LogP) is 2.70. The summed E-state index contributed by atoms with van der Waals surface area (Å²) in [4.78, 5) is 28.0. The Labute approximate surface area is 241 Å². The van der Waals surface area contributed by atoms with Crippen LogP contribution in [0.3, 0.4) is 0 Å². The maximum absolute atomic E-state index is 13.1. The Morgan fingerprint density at radius 3 is 2.32 bits per heavy atom. The second kappa shape index (κ2) is 10.0. The van der Waals surface area contributed by atoms with Crippen molar-refractivity contribution in [3.05, 3.63) is 42.6 Å². The molecule has 5 atom stereocenters. The number of hydroxylamine groups is 1. The van der Waals surface area contributed by atoms with Gasteiger partial charge in [-0.05, 0) is 74.1 Å². The van der Waals surface area contributed by atoms with E-state index < -0.39 is 21.7 Å². The number of sulfonamides is 1. The highest BCUT2D eigenvalue weighted by Crippen LogP contribution is 2.55. The number of benzene rings is 1. The Hall–Kier alpha value is -3.09. The molecule has 1 aromatic heterocycles. The Balaban J connectivity index is 1.01. The predicted molar refractivity (Wildman–Crippen MR) is 156 cm³/mol. The molecule has 0 spiro atoms. The van der Waals surface area contributed by atoms with E-state index in [-0.39, 0.29) is 6.04 Å². The van der Waals surface area contributed by atoms with Gasteiger partial charge in [-0.15, -0.1) is 0 Å². The molecule has 220 valence electrons. The molecule has 0 radical (unpaired) electrons. The largest absolute Gasteiger partial charge is 0.431 e. The number of hydrogen-bond acceptors (Lipinski definition) is 9. The first kappa shape index (κ1) is 26.8. The SMILES string of the molecule is CS(=O)(=O)N1CCN(c2ccc(N3CCN(OC(=O)NC4[C@@H]5CC6C[C@H]4CC(O)(C6)C5)c4ccccc43)nc2)CC1. The Kier molecular flexibility index (Phi) is 6.55. The average Bonchev–Trinajstić information content (AvgIpc) is 2.94. The van der Waals surface area contributed by atoms with Crippen LogP contribution in [-0.4, -0.2) is 86.1 Å². The number of hydrogen-bond donors (Lipinski definition) is 2. The molecule has 12 heteroatoms. The second-order valence-electron chi connectivity index (χ2n) is 12.5. The molecule has 6 aliphatic rings. The van der Waals surface area contributed by atoms with E-state index in [4.69, 9.17) is 9.82 Å². The third kappa shape index (κ3) is 5.10. The number of aromatic nitrogens is 1. The fourth-order valence-electron chi connectivity index (χ4n) is 8.15. The molecular formula is C29H38N6O5S. The van der Waals surface area contributed by atoms with Crippen molar-refractivity contribution in [2.75, 3.05) is 60.4 Å². The highest BCUT2D eigenvalue weighted by Gasteiger charge is 2.55. The van der Waals surface area contributed by atoms with Crippen LogP contribution in [0, 0.1) is 17.8 Å². The van der Waals surface area contributed by atoms with Gasteiger partial charge in [-0.1, -0.05) is 12.1 Å². The summed E-state index contributed by atoms with van der Waals surface area (Å²) in [5, 5.41) is 15.7. The number of rotatable bonds is 5. The number of anilines is 4. The van der Waals surface area contributed by atoms with Crippen molar-refractivity contribution in [3.63, 3.8) is 0 Å². The van der Waals surface area contributed by atoms with Crippen molar-refractivity contribution in [2.24, 2.45) is 17.8 Å². The average molecular weight is 583 g/mol. The highest BCUT2D eigenvalue weighted by molar-refractivity contribution is 7.88. The van der Waals surface area contributed by atoms with Crippen LogP contribution in [0.15, 0.2) is 42.6 Å². The van der Waals surface area contributed by atoms with Gasteiger partial charge < -0.3 is 25.1 Å². The van der Waals surface area contributed by atoms with Crippen LogP contribution in [0.5, 0.6) is 0 Å². The van der Waals surface area contributed by atoms with Crippen molar-refractivity contribution < 1.29 is 23.2 Å². The Bertz CT molecular complexity index is 1400. The summed E-state index contributed by atoms with van der Waals surface area (Å²) in [5.41, 5.74) is 2.14. The van der Waals surface area contributed by atoms with Crippen molar-refractivity contribution in [2.45, 2.75) is 43.7 Å². The number of piperazine rings is 1. The molecule has 3 heterocycles. The highest BCUT2D eigenvalue weighted by atomic mass is 32.2. The maximum atomic E-state index is 13.1. The minimum atomic E-state index is -3.17. The molecule has 1 amide bonds. The summed E-state index contributed by atoms with van der Waals surface area (Å²) in [5.74, 6) is 2.02. The molecule has 11 nitrogen and oxygen atoms in total. The van der Waals surface area contributed by atoms with E-state index in [0.29, 0.717) is 57.0 Å². The third-order valence-corrected chi connectivity index (χ3v) is 11.1. The third-order valence-electron chi connectivity index (χ3n) is 9.77. The van der Waals surface area contributed by atoms with Crippen LogP contribution in [0.25, 0.3) is 0 Å². The molecule has 2 aliphatic heterocycles. The molecule has 4 bridgehead atoms. The van der Waals surface area contributed by atoms with Crippen molar-refractivity contribution in [1.82, 2.24) is 14.6 Å². The van der Waals surface area contributed by atoms with E-state index in [1.165, 1.54) is 10.6 Å². The number of fused-ring (bicyclic) bond motifs is 1. The minimum Gasteiger partial charge on any atom is -0.390 e. The van der Waals surface area contributed by atoms with E-state index in [1.54, 1.807) is 5.06 Å². The summed E-state index contributed by atoms with van der Waals surface area (Å²) in [6.45, 7) is 3.26. The smallest absolute Gasteiger partial charge is 0.390 e. The fraction of sp³-hybridized carbons (Fsp3) is 0.586. The molecule has 4 saturated carbocycles. The molecule has 2 N–H and O–H groups in total. The van der Waals surface area contributed by atoms with Crippen LogP contribution in [0.4, 0.5) is 27.7 Å². The van der Waals surface area contributed by atoms with Gasteiger partial charge in [0, 0.05) is 38.8 Å². The first-order valence-electron chi connectivity index (χ1n) is 14.7. The number of aliphatic hydroxyl groups is 1. The lowest BCUT2D eigenvalue weighted by Crippen LogP contribution is -2.62. The summed E-state index contributed by atoms with van der Waals surface area (Å²) in [6.07, 6.45) is 7.27. The summed E-state index contributed by atoms with van der Waals surface area (Å²) in [7, 11) is -3.17. The van der Waals surface area contributed by atoms with E-state index in [2.05, 4.69) is 15.1 Å². The molecule has 1 aromatic carbocycles. The fourth-order valence-corrected chi connectivity index (χ4v) is 8.98. The molecule has 41 heavy (non-hydrogen) atoms. The van der Waals surface area contributed by atoms with Gasteiger partial charge in [-0.2, -0.15) is 4.31 Å². The zero-order valence-corrected chi connectivity index (χ0v) is 24.2. The van der Waals surface area contributed by atoms with E-state index in [1.807, 2.05) is 42.6 Å². The second-order valence-corrected chi connectivity index (χ2v) is 14.5. The van der Waals surface area contributed by atoms with Crippen LogP contribution in [-0.2, 0) is 14.9 Å². The minimum absolute atomic E-state index is 0.0629. The number of para-hydroxylation sites is 2. The van der Waals surface area contributed by atoms with E-state index in [9.17, 15) is 18.3 Å². The summed E-state index contributed by atoms with van der Waals surface area (Å²) in [6, 6.07) is 11.9. The molecule has 4 aliphatic carbocycles. The van der Waals surface area contributed by atoms with Gasteiger partial charge >= 0.3 is 6.09 Å². The number of pyridine rings is 1. The molecule has 1 saturated heterocycles. The van der Waals surface area contributed by atoms with E-state index >= 15 is 0 Å². The van der Waals surface area contributed by atoms with Crippen molar-refractivity contribution >= 4 is 39.0 Å². The molecule has 5 fully saturated rings. The van der Waals surface area contributed by atoms with Gasteiger partial charge in [0.25, 0.3) is 0 Å². The van der Waals surface area contributed by atoms with Gasteiger partial charge in [-0.25, -0.2) is 23.3 Å². The number of amides is 1. The topological polar surface area (TPSA) is 119 Å². The van der Waals surface area contributed by atoms with Gasteiger partial charge in [0.2, 0.25) is 10.0 Å². The molecular weight excluding hydrogens is 544 g/mol. The van der Waals surface area contributed by atoms with Gasteiger partial charge in [0.1, 0.15) is 5.82 Å². The Morgan fingerprint density at radius 1 is 0.976 bits per heavy atom. The molecule has 8 rings (SSSR count). The van der Waals surface area contributed by atoms with Crippen LogP contribution < -0.4 is 20.2 Å². The number of carbonyl (C=O) groups excluding carboxylic acids is 1. The van der Waals surface area contributed by atoms with Crippen LogP contribution in [0.2, 0.25) is 0 Å². The zero-order chi connectivity index (χ0) is 28.4.